The molecule has 0 saturated carbocycles. The van der Waals surface area contributed by atoms with Gasteiger partial charge in [0, 0.05) is 29.3 Å². The summed E-state index contributed by atoms with van der Waals surface area (Å²) in [4.78, 5) is 4.82. The monoisotopic (exact) mass is 466 g/mol. The molecule has 180 valence electrons. The number of anilines is 1. The van der Waals surface area contributed by atoms with Crippen LogP contribution in [0.2, 0.25) is 0 Å². The van der Waals surface area contributed by atoms with Crippen molar-refractivity contribution in [2.75, 3.05) is 11.9 Å². The van der Waals surface area contributed by atoms with E-state index in [0.29, 0.717) is 5.82 Å². The summed E-state index contributed by atoms with van der Waals surface area (Å²) in [5.74, 6) is 1.36. The number of nitrogens with zero attached hydrogens (tertiary/aromatic N) is 2. The number of benzene rings is 2. The van der Waals surface area contributed by atoms with Crippen LogP contribution < -0.4 is 10.6 Å². The van der Waals surface area contributed by atoms with Crippen molar-refractivity contribution < 1.29 is 5.11 Å². The molecule has 0 fully saturated rings. The van der Waals surface area contributed by atoms with Crippen molar-refractivity contribution in [1.29, 1.82) is 0 Å². The van der Waals surface area contributed by atoms with Crippen molar-refractivity contribution in [3.63, 3.8) is 0 Å². The fourth-order valence-electron chi connectivity index (χ4n) is 4.37. The summed E-state index contributed by atoms with van der Waals surface area (Å²) in [6.45, 7) is 12.4. The average molecular weight is 467 g/mol. The maximum Gasteiger partial charge on any atom is 0.141 e. The topological polar surface area (TPSA) is 61.6 Å². The zero-order valence-corrected chi connectivity index (χ0v) is 20.6. The molecule has 0 aliphatic heterocycles. The van der Waals surface area contributed by atoms with E-state index in [9.17, 15) is 5.11 Å². The van der Waals surface area contributed by atoms with Crippen LogP contribution in [0.1, 0.15) is 48.6 Å². The molecule has 4 rings (SSSR count). The fraction of sp³-hybridized carbons (Fsp3) is 0.233. The second kappa shape index (κ2) is 11.1. The van der Waals surface area contributed by atoms with E-state index >= 15 is 0 Å². The van der Waals surface area contributed by atoms with E-state index in [1.807, 2.05) is 73.3 Å². The zero-order chi connectivity index (χ0) is 24.8. The number of allylic oxidation sites excluding steroid dienone is 2. The minimum absolute atomic E-state index is 0.0255. The van der Waals surface area contributed by atoms with Gasteiger partial charge >= 0.3 is 0 Å². The third kappa shape index (κ3) is 5.81. The lowest BCUT2D eigenvalue weighted by atomic mass is 10.1. The summed E-state index contributed by atoms with van der Waals surface area (Å²) in [7, 11) is 0. The normalized spacial score (nSPS) is 14.4. The average Bonchev–Trinajstić information content (AvgIpc) is 3.55. The molecule has 1 heterocycles. The number of aliphatic hydroxyl groups excluding tert-OH is 1. The van der Waals surface area contributed by atoms with Crippen molar-refractivity contribution in [3.8, 4) is 0 Å². The van der Waals surface area contributed by atoms with Gasteiger partial charge in [0.25, 0.3) is 0 Å². The summed E-state index contributed by atoms with van der Waals surface area (Å²) in [6.07, 6.45) is 9.51. The van der Waals surface area contributed by atoms with Crippen molar-refractivity contribution in [1.82, 2.24) is 9.88 Å². The first-order valence-electron chi connectivity index (χ1n) is 12.1. The van der Waals surface area contributed by atoms with Crippen molar-refractivity contribution in [2.45, 2.75) is 39.2 Å². The Morgan fingerprint density at radius 2 is 1.89 bits per heavy atom. The number of aromatic nitrogens is 1. The first-order chi connectivity index (χ1) is 17.0. The van der Waals surface area contributed by atoms with Crippen LogP contribution in [-0.4, -0.2) is 22.1 Å². The van der Waals surface area contributed by atoms with Crippen LogP contribution in [0.25, 0.3) is 5.70 Å². The molecule has 0 saturated heterocycles. The standard InChI is InChI=1S/C30H34N4O/c1-5-21(2)30(33-23(4)32-28-15-14-24-12-9-13-26(24)18-28)34-17-16-27(19-34)22(3)31-29(20-35)25-10-7-6-8-11-25/h5-8,10-11,14-19,29,31-32,35H,3-4,9,12-13,20H2,1-2H3/b21-5-,33-30+. The Bertz CT molecular complexity index is 1270. The van der Waals surface area contributed by atoms with Crippen molar-refractivity contribution >= 4 is 17.2 Å². The lowest BCUT2D eigenvalue weighted by Crippen LogP contribution is -2.22. The van der Waals surface area contributed by atoms with E-state index in [1.165, 1.54) is 24.0 Å². The van der Waals surface area contributed by atoms with Gasteiger partial charge in [-0.05, 0) is 73.6 Å². The second-order valence-corrected chi connectivity index (χ2v) is 8.89. The Morgan fingerprint density at radius 3 is 2.63 bits per heavy atom. The van der Waals surface area contributed by atoms with E-state index in [2.05, 4.69) is 42.0 Å². The molecule has 1 atom stereocenters. The molecular weight excluding hydrogens is 432 g/mol. The van der Waals surface area contributed by atoms with Gasteiger partial charge < -0.3 is 20.3 Å². The number of hydrogen-bond acceptors (Lipinski definition) is 4. The van der Waals surface area contributed by atoms with Gasteiger partial charge in [-0.15, -0.1) is 0 Å². The highest BCUT2D eigenvalue weighted by atomic mass is 16.3. The smallest absolute Gasteiger partial charge is 0.141 e. The quantitative estimate of drug-likeness (QED) is 0.265. The van der Waals surface area contributed by atoms with Crippen LogP contribution >= 0.6 is 0 Å². The molecule has 1 aromatic heterocycles. The highest BCUT2D eigenvalue weighted by Crippen LogP contribution is 2.26. The second-order valence-electron chi connectivity index (χ2n) is 8.89. The Hall–Kier alpha value is -3.83. The summed E-state index contributed by atoms with van der Waals surface area (Å²) in [5.41, 5.74) is 7.57. The molecule has 0 bridgehead atoms. The van der Waals surface area contributed by atoms with Crippen LogP contribution in [0.5, 0.6) is 0 Å². The molecule has 5 nitrogen and oxygen atoms in total. The molecule has 5 heteroatoms. The van der Waals surface area contributed by atoms with Crippen LogP contribution in [0.3, 0.4) is 0 Å². The van der Waals surface area contributed by atoms with Gasteiger partial charge in [0.05, 0.1) is 12.6 Å². The van der Waals surface area contributed by atoms with Gasteiger partial charge in [0.15, 0.2) is 0 Å². The predicted octanol–water partition coefficient (Wildman–Crippen LogP) is 6.07. The third-order valence-electron chi connectivity index (χ3n) is 6.43. The van der Waals surface area contributed by atoms with Crippen LogP contribution in [0.15, 0.2) is 103 Å². The van der Waals surface area contributed by atoms with Gasteiger partial charge in [0.1, 0.15) is 11.7 Å². The molecule has 0 spiro atoms. The Balaban J connectivity index is 1.51. The number of rotatable bonds is 9. The molecule has 3 N–H and O–H groups in total. The van der Waals surface area contributed by atoms with Crippen molar-refractivity contribution in [2.24, 2.45) is 4.99 Å². The lowest BCUT2D eigenvalue weighted by molar-refractivity contribution is 0.256. The molecule has 35 heavy (non-hydrogen) atoms. The number of fused-ring (bicyclic) bond motifs is 1. The van der Waals surface area contributed by atoms with Gasteiger partial charge in [-0.3, -0.25) is 0 Å². The Kier molecular flexibility index (Phi) is 7.68. The highest BCUT2D eigenvalue weighted by Gasteiger charge is 2.14. The SMILES string of the molecule is C=C(/N=C(\C(C)=C/C)n1ccc(C(=C)NC(CO)c2ccccc2)c1)Nc1ccc2c(c1)CCC2. The molecule has 1 unspecified atom stereocenters. The summed E-state index contributed by atoms with van der Waals surface area (Å²) in [6, 6.07) is 18.1. The number of hydrogen-bond donors (Lipinski definition) is 3. The molecule has 2 aromatic carbocycles. The van der Waals surface area contributed by atoms with Gasteiger partial charge in [-0.1, -0.05) is 55.6 Å². The van der Waals surface area contributed by atoms with Crippen molar-refractivity contribution in [3.05, 3.63) is 120 Å². The summed E-state index contributed by atoms with van der Waals surface area (Å²) < 4.78 is 1.98. The van der Waals surface area contributed by atoms with E-state index in [-0.39, 0.29) is 12.6 Å². The zero-order valence-electron chi connectivity index (χ0n) is 20.6. The molecule has 0 amide bonds. The summed E-state index contributed by atoms with van der Waals surface area (Å²) >= 11 is 0. The van der Waals surface area contributed by atoms with E-state index in [0.717, 1.165) is 40.3 Å². The molecule has 1 aliphatic carbocycles. The van der Waals surface area contributed by atoms with Gasteiger partial charge in [0.2, 0.25) is 0 Å². The predicted molar refractivity (Wildman–Crippen MR) is 146 cm³/mol. The maximum atomic E-state index is 9.89. The van der Waals surface area contributed by atoms with Crippen LogP contribution in [0, 0.1) is 0 Å². The first kappa shape index (κ1) is 24.3. The molecule has 0 radical (unpaired) electrons. The third-order valence-corrected chi connectivity index (χ3v) is 6.43. The lowest BCUT2D eigenvalue weighted by Gasteiger charge is -2.19. The van der Waals surface area contributed by atoms with Crippen LogP contribution in [-0.2, 0) is 12.8 Å². The molecule has 1 aliphatic rings. The summed E-state index contributed by atoms with van der Waals surface area (Å²) in [5, 5.41) is 16.6. The van der Waals surface area contributed by atoms with Crippen LogP contribution in [0.4, 0.5) is 5.69 Å². The highest BCUT2D eigenvalue weighted by molar-refractivity contribution is 6.00. The fourth-order valence-corrected chi connectivity index (χ4v) is 4.37. The van der Waals surface area contributed by atoms with E-state index in [1.54, 1.807) is 0 Å². The molecule has 3 aromatic rings. The largest absolute Gasteiger partial charge is 0.394 e. The van der Waals surface area contributed by atoms with Gasteiger partial charge in [-0.2, -0.15) is 0 Å². The number of aryl methyl sites for hydroxylation is 2. The minimum Gasteiger partial charge on any atom is -0.394 e. The molecular formula is C30H34N4O. The number of nitrogens with one attached hydrogen (secondary N) is 2. The first-order valence-corrected chi connectivity index (χ1v) is 12.1. The van der Waals surface area contributed by atoms with E-state index < -0.39 is 0 Å². The number of aliphatic hydroxyl groups is 1. The maximum absolute atomic E-state index is 9.89. The number of aliphatic imine (C=N–C) groups is 1. The van der Waals surface area contributed by atoms with E-state index in [4.69, 9.17) is 4.99 Å². The Labute approximate surface area is 208 Å². The Morgan fingerprint density at radius 1 is 1.11 bits per heavy atom. The van der Waals surface area contributed by atoms with Gasteiger partial charge in [-0.25, -0.2) is 4.99 Å². The minimum atomic E-state index is -0.228.